The van der Waals surface area contributed by atoms with Crippen molar-refractivity contribution < 1.29 is 9.90 Å². The maximum atomic E-state index is 11.3. The molecule has 0 aliphatic rings. The number of hydrogen-bond acceptors (Lipinski definition) is 5. The molecule has 0 aromatic carbocycles. The van der Waals surface area contributed by atoms with E-state index in [1.807, 2.05) is 6.92 Å². The SMILES string of the molecule is CCCCC(=O)Nc1ncc(N)c(O)n1. The molecule has 4 N–H and O–H groups in total. The minimum atomic E-state index is -0.323. The molecule has 0 spiro atoms. The van der Waals surface area contributed by atoms with Gasteiger partial charge in [0.05, 0.1) is 6.20 Å². The van der Waals surface area contributed by atoms with Gasteiger partial charge in [0.1, 0.15) is 5.69 Å². The molecular formula is C9H14N4O2. The van der Waals surface area contributed by atoms with Crippen molar-refractivity contribution >= 4 is 17.5 Å². The summed E-state index contributed by atoms with van der Waals surface area (Å²) in [5.74, 6) is -0.417. The molecule has 82 valence electrons. The highest BCUT2D eigenvalue weighted by atomic mass is 16.3. The minimum absolute atomic E-state index is 0.0720. The van der Waals surface area contributed by atoms with E-state index < -0.39 is 0 Å². The number of aromatic hydroxyl groups is 1. The molecule has 0 radical (unpaired) electrons. The molecule has 0 unspecified atom stereocenters. The first-order valence-electron chi connectivity index (χ1n) is 4.74. The van der Waals surface area contributed by atoms with Crippen LogP contribution in [0, 0.1) is 0 Å². The van der Waals surface area contributed by atoms with Gasteiger partial charge >= 0.3 is 0 Å². The van der Waals surface area contributed by atoms with Gasteiger partial charge in [0.2, 0.25) is 17.7 Å². The molecule has 1 rings (SSSR count). The smallest absolute Gasteiger partial charge is 0.239 e. The zero-order valence-corrected chi connectivity index (χ0v) is 8.53. The third-order valence-electron chi connectivity index (χ3n) is 1.80. The lowest BCUT2D eigenvalue weighted by Crippen LogP contribution is -2.13. The van der Waals surface area contributed by atoms with E-state index in [1.165, 1.54) is 6.20 Å². The molecule has 15 heavy (non-hydrogen) atoms. The van der Waals surface area contributed by atoms with Crippen LogP contribution in [0.5, 0.6) is 5.88 Å². The third kappa shape index (κ3) is 3.41. The summed E-state index contributed by atoms with van der Waals surface area (Å²) < 4.78 is 0. The van der Waals surface area contributed by atoms with Crippen molar-refractivity contribution in [1.82, 2.24) is 9.97 Å². The molecule has 1 heterocycles. The van der Waals surface area contributed by atoms with Gasteiger partial charge in [0.25, 0.3) is 0 Å². The van der Waals surface area contributed by atoms with Crippen LogP contribution in [0.15, 0.2) is 6.20 Å². The normalized spacial score (nSPS) is 9.93. The highest BCUT2D eigenvalue weighted by molar-refractivity contribution is 5.88. The molecule has 0 fully saturated rings. The lowest BCUT2D eigenvalue weighted by atomic mass is 10.2. The Hall–Kier alpha value is -1.85. The quantitative estimate of drug-likeness (QED) is 0.685. The van der Waals surface area contributed by atoms with Gasteiger partial charge in [-0.3, -0.25) is 10.1 Å². The van der Waals surface area contributed by atoms with Crippen molar-refractivity contribution in [2.45, 2.75) is 26.2 Å². The lowest BCUT2D eigenvalue weighted by Gasteiger charge is -2.03. The van der Waals surface area contributed by atoms with E-state index in [-0.39, 0.29) is 23.4 Å². The Morgan fingerprint density at radius 1 is 1.67 bits per heavy atom. The first kappa shape index (κ1) is 11.2. The molecule has 0 aliphatic carbocycles. The second-order valence-corrected chi connectivity index (χ2v) is 3.12. The van der Waals surface area contributed by atoms with Crippen LogP contribution in [0.2, 0.25) is 0 Å². The van der Waals surface area contributed by atoms with E-state index in [4.69, 9.17) is 10.8 Å². The molecular weight excluding hydrogens is 196 g/mol. The number of nitrogens with one attached hydrogen (secondary N) is 1. The van der Waals surface area contributed by atoms with Crippen LogP contribution in [0.1, 0.15) is 26.2 Å². The number of rotatable bonds is 4. The van der Waals surface area contributed by atoms with E-state index in [1.54, 1.807) is 0 Å². The van der Waals surface area contributed by atoms with Gasteiger partial charge in [-0.15, -0.1) is 0 Å². The zero-order chi connectivity index (χ0) is 11.3. The number of amides is 1. The fourth-order valence-electron chi connectivity index (χ4n) is 0.967. The summed E-state index contributed by atoms with van der Waals surface area (Å²) in [6.07, 6.45) is 3.43. The van der Waals surface area contributed by atoms with Crippen molar-refractivity contribution in [2.24, 2.45) is 0 Å². The summed E-state index contributed by atoms with van der Waals surface area (Å²) in [5.41, 5.74) is 5.40. The number of hydrogen-bond donors (Lipinski definition) is 3. The average Bonchev–Trinajstić information content (AvgIpc) is 2.20. The number of unbranched alkanes of at least 4 members (excludes halogenated alkanes) is 1. The predicted octanol–water partition coefficient (Wildman–Crippen LogP) is 0.893. The molecule has 6 nitrogen and oxygen atoms in total. The summed E-state index contributed by atoms with van der Waals surface area (Å²) in [7, 11) is 0. The fraction of sp³-hybridized carbons (Fsp3) is 0.444. The van der Waals surface area contributed by atoms with E-state index in [2.05, 4.69) is 15.3 Å². The van der Waals surface area contributed by atoms with Crippen LogP contribution in [0.25, 0.3) is 0 Å². The molecule has 0 atom stereocenters. The van der Waals surface area contributed by atoms with Crippen molar-refractivity contribution in [2.75, 3.05) is 11.1 Å². The van der Waals surface area contributed by atoms with Crippen LogP contribution in [-0.2, 0) is 4.79 Å². The number of nitrogens with two attached hydrogens (primary N) is 1. The van der Waals surface area contributed by atoms with Gasteiger partial charge in [-0.25, -0.2) is 4.98 Å². The summed E-state index contributed by atoms with van der Waals surface area (Å²) in [5, 5.41) is 11.6. The summed E-state index contributed by atoms with van der Waals surface area (Å²) in [4.78, 5) is 18.6. The summed E-state index contributed by atoms with van der Waals surface area (Å²) in [6.45, 7) is 2.00. The van der Waals surface area contributed by atoms with Crippen molar-refractivity contribution in [1.29, 1.82) is 0 Å². The maximum absolute atomic E-state index is 11.3. The van der Waals surface area contributed by atoms with Gasteiger partial charge in [-0.1, -0.05) is 13.3 Å². The Bertz CT molecular complexity index is 354. The Morgan fingerprint density at radius 3 is 3.00 bits per heavy atom. The first-order valence-corrected chi connectivity index (χ1v) is 4.74. The monoisotopic (exact) mass is 210 g/mol. The van der Waals surface area contributed by atoms with Gasteiger partial charge in [0, 0.05) is 6.42 Å². The lowest BCUT2D eigenvalue weighted by molar-refractivity contribution is -0.116. The molecule has 0 saturated heterocycles. The van der Waals surface area contributed by atoms with Gasteiger partial charge in [-0.05, 0) is 6.42 Å². The highest BCUT2D eigenvalue weighted by Gasteiger charge is 2.06. The van der Waals surface area contributed by atoms with E-state index in [0.717, 1.165) is 12.8 Å². The van der Waals surface area contributed by atoms with E-state index in [0.29, 0.717) is 6.42 Å². The maximum Gasteiger partial charge on any atom is 0.239 e. The molecule has 1 aromatic rings. The predicted molar refractivity (Wildman–Crippen MR) is 56.3 cm³/mol. The second kappa shape index (κ2) is 5.14. The first-order chi connectivity index (χ1) is 7.13. The molecule has 0 bridgehead atoms. The third-order valence-corrected chi connectivity index (χ3v) is 1.80. The molecule has 6 heteroatoms. The molecule has 1 amide bonds. The number of aromatic nitrogens is 2. The molecule has 0 aliphatic heterocycles. The summed E-state index contributed by atoms with van der Waals surface area (Å²) >= 11 is 0. The summed E-state index contributed by atoms with van der Waals surface area (Å²) in [6, 6.07) is 0. The average molecular weight is 210 g/mol. The standard InChI is InChI=1S/C9H14N4O2/c1-2-3-4-7(14)12-9-11-5-6(10)8(15)13-9/h5H,2-4,10H2,1H3,(H2,11,12,13,14,15). The number of carbonyl (C=O) groups excluding carboxylic acids is 1. The number of nitrogen functional groups attached to an aromatic ring is 1. The van der Waals surface area contributed by atoms with Crippen LogP contribution in [0.4, 0.5) is 11.6 Å². The number of nitrogens with zero attached hydrogens (tertiary/aromatic N) is 2. The van der Waals surface area contributed by atoms with Crippen molar-refractivity contribution in [3.63, 3.8) is 0 Å². The molecule has 0 saturated carbocycles. The van der Waals surface area contributed by atoms with Gasteiger partial charge in [0.15, 0.2) is 0 Å². The fourth-order valence-corrected chi connectivity index (χ4v) is 0.967. The minimum Gasteiger partial charge on any atom is -0.492 e. The second-order valence-electron chi connectivity index (χ2n) is 3.12. The number of anilines is 2. The van der Waals surface area contributed by atoms with Crippen LogP contribution < -0.4 is 11.1 Å². The number of carbonyl (C=O) groups is 1. The Morgan fingerprint density at radius 2 is 2.40 bits per heavy atom. The van der Waals surface area contributed by atoms with E-state index in [9.17, 15) is 4.79 Å². The van der Waals surface area contributed by atoms with Crippen molar-refractivity contribution in [3.05, 3.63) is 6.20 Å². The Kier molecular flexibility index (Phi) is 3.84. The Balaban J connectivity index is 2.57. The Labute approximate surface area is 87.5 Å². The van der Waals surface area contributed by atoms with Crippen molar-refractivity contribution in [3.8, 4) is 5.88 Å². The topological polar surface area (TPSA) is 101 Å². The van der Waals surface area contributed by atoms with E-state index >= 15 is 0 Å². The largest absolute Gasteiger partial charge is 0.492 e. The molecule has 1 aromatic heterocycles. The highest BCUT2D eigenvalue weighted by Crippen LogP contribution is 2.15. The van der Waals surface area contributed by atoms with Crippen LogP contribution >= 0.6 is 0 Å². The zero-order valence-electron chi connectivity index (χ0n) is 8.53. The van der Waals surface area contributed by atoms with Gasteiger partial charge in [-0.2, -0.15) is 4.98 Å². The van der Waals surface area contributed by atoms with Crippen LogP contribution in [0.3, 0.4) is 0 Å². The van der Waals surface area contributed by atoms with Gasteiger partial charge < -0.3 is 10.8 Å². The van der Waals surface area contributed by atoms with Crippen LogP contribution in [-0.4, -0.2) is 21.0 Å².